The van der Waals surface area contributed by atoms with Crippen LogP contribution in [0.15, 0.2) is 18.3 Å². The SMILES string of the molecule is CC1CCCCC1OCC(=O)Nc1ccc(C(N)=O)nc1. The van der Waals surface area contributed by atoms with Gasteiger partial charge in [-0.05, 0) is 30.9 Å². The van der Waals surface area contributed by atoms with Crippen molar-refractivity contribution in [3.8, 4) is 0 Å². The average molecular weight is 291 g/mol. The molecular formula is C15H21N3O3. The van der Waals surface area contributed by atoms with Crippen LogP contribution >= 0.6 is 0 Å². The van der Waals surface area contributed by atoms with Crippen LogP contribution in [0.5, 0.6) is 0 Å². The number of hydrogen-bond acceptors (Lipinski definition) is 4. The van der Waals surface area contributed by atoms with Crippen molar-refractivity contribution in [2.45, 2.75) is 38.7 Å². The van der Waals surface area contributed by atoms with Gasteiger partial charge in [0.2, 0.25) is 5.91 Å². The minimum absolute atomic E-state index is 0.0343. The van der Waals surface area contributed by atoms with Crippen LogP contribution in [-0.4, -0.2) is 29.5 Å². The van der Waals surface area contributed by atoms with Crippen molar-refractivity contribution in [3.05, 3.63) is 24.0 Å². The highest BCUT2D eigenvalue weighted by molar-refractivity contribution is 5.93. The van der Waals surface area contributed by atoms with Gasteiger partial charge in [0, 0.05) is 0 Å². The van der Waals surface area contributed by atoms with Gasteiger partial charge in [-0.1, -0.05) is 19.8 Å². The highest BCUT2D eigenvalue weighted by atomic mass is 16.5. The molecule has 1 aliphatic carbocycles. The van der Waals surface area contributed by atoms with Crippen LogP contribution < -0.4 is 11.1 Å². The number of primary amides is 1. The van der Waals surface area contributed by atoms with Crippen molar-refractivity contribution in [2.24, 2.45) is 11.7 Å². The summed E-state index contributed by atoms with van der Waals surface area (Å²) in [4.78, 5) is 26.6. The van der Waals surface area contributed by atoms with E-state index in [9.17, 15) is 9.59 Å². The molecule has 0 aliphatic heterocycles. The number of anilines is 1. The molecule has 1 aromatic heterocycles. The molecular weight excluding hydrogens is 270 g/mol. The van der Waals surface area contributed by atoms with Gasteiger partial charge in [0.25, 0.3) is 5.91 Å². The molecule has 114 valence electrons. The number of nitrogens with one attached hydrogen (secondary N) is 1. The topological polar surface area (TPSA) is 94.3 Å². The smallest absolute Gasteiger partial charge is 0.267 e. The van der Waals surface area contributed by atoms with Gasteiger partial charge < -0.3 is 15.8 Å². The van der Waals surface area contributed by atoms with Crippen LogP contribution in [0, 0.1) is 5.92 Å². The van der Waals surface area contributed by atoms with E-state index in [-0.39, 0.29) is 24.3 Å². The largest absolute Gasteiger partial charge is 0.368 e. The molecule has 1 fully saturated rings. The molecule has 1 saturated carbocycles. The zero-order chi connectivity index (χ0) is 15.2. The van der Waals surface area contributed by atoms with E-state index in [0.717, 1.165) is 19.3 Å². The summed E-state index contributed by atoms with van der Waals surface area (Å²) in [5, 5.41) is 2.68. The fraction of sp³-hybridized carbons (Fsp3) is 0.533. The van der Waals surface area contributed by atoms with E-state index < -0.39 is 5.91 Å². The maximum Gasteiger partial charge on any atom is 0.267 e. The number of hydrogen-bond donors (Lipinski definition) is 2. The van der Waals surface area contributed by atoms with Crippen molar-refractivity contribution in [3.63, 3.8) is 0 Å². The lowest BCUT2D eigenvalue weighted by molar-refractivity contribution is -0.124. The summed E-state index contributed by atoms with van der Waals surface area (Å²) in [7, 11) is 0. The van der Waals surface area contributed by atoms with Gasteiger partial charge in [-0.2, -0.15) is 0 Å². The molecule has 1 aromatic rings. The van der Waals surface area contributed by atoms with Crippen LogP contribution in [-0.2, 0) is 9.53 Å². The van der Waals surface area contributed by atoms with E-state index in [2.05, 4.69) is 17.2 Å². The quantitative estimate of drug-likeness (QED) is 0.863. The second-order valence-electron chi connectivity index (χ2n) is 5.46. The average Bonchev–Trinajstić information content (AvgIpc) is 2.47. The molecule has 0 spiro atoms. The van der Waals surface area contributed by atoms with Gasteiger partial charge >= 0.3 is 0 Å². The first-order chi connectivity index (χ1) is 10.1. The lowest BCUT2D eigenvalue weighted by Gasteiger charge is -2.28. The molecule has 0 aromatic carbocycles. The standard InChI is InChI=1S/C15H21N3O3/c1-10-4-2-3-5-13(10)21-9-14(19)18-11-6-7-12(15(16)20)17-8-11/h6-8,10,13H,2-5,9H2,1H3,(H2,16,20)(H,18,19). The van der Waals surface area contributed by atoms with Gasteiger partial charge in [-0.15, -0.1) is 0 Å². The van der Waals surface area contributed by atoms with Gasteiger partial charge in [-0.25, -0.2) is 4.98 Å². The minimum atomic E-state index is -0.595. The third-order valence-corrected chi connectivity index (χ3v) is 3.76. The van der Waals surface area contributed by atoms with Crippen LogP contribution in [0.2, 0.25) is 0 Å². The van der Waals surface area contributed by atoms with Gasteiger partial charge in [0.15, 0.2) is 0 Å². The first kappa shape index (κ1) is 15.4. The normalized spacial score (nSPS) is 21.8. The molecule has 1 heterocycles. The highest BCUT2D eigenvalue weighted by Gasteiger charge is 2.22. The lowest BCUT2D eigenvalue weighted by Crippen LogP contribution is -2.29. The number of carbonyl (C=O) groups is 2. The second-order valence-corrected chi connectivity index (χ2v) is 5.46. The fourth-order valence-electron chi connectivity index (χ4n) is 2.52. The predicted molar refractivity (Wildman–Crippen MR) is 78.8 cm³/mol. The van der Waals surface area contributed by atoms with Crippen molar-refractivity contribution in [1.82, 2.24) is 4.98 Å². The number of pyridine rings is 1. The molecule has 0 radical (unpaired) electrons. The maximum atomic E-state index is 11.8. The van der Waals surface area contributed by atoms with E-state index in [1.54, 1.807) is 6.07 Å². The number of aromatic nitrogens is 1. The molecule has 2 unspecified atom stereocenters. The molecule has 3 N–H and O–H groups in total. The van der Waals surface area contributed by atoms with Crippen LogP contribution in [0.1, 0.15) is 43.1 Å². The Labute approximate surface area is 124 Å². The van der Waals surface area contributed by atoms with Crippen molar-refractivity contribution in [2.75, 3.05) is 11.9 Å². The van der Waals surface area contributed by atoms with Crippen LogP contribution in [0.25, 0.3) is 0 Å². The molecule has 21 heavy (non-hydrogen) atoms. The molecule has 2 amide bonds. The summed E-state index contributed by atoms with van der Waals surface area (Å²) in [5.41, 5.74) is 5.79. The maximum absolute atomic E-state index is 11.8. The molecule has 1 aliphatic rings. The Kier molecular flexibility index (Phi) is 5.27. The number of ether oxygens (including phenoxy) is 1. The highest BCUT2D eigenvalue weighted by Crippen LogP contribution is 2.26. The second kappa shape index (κ2) is 7.17. The Balaban J connectivity index is 1.80. The summed E-state index contributed by atoms with van der Waals surface area (Å²) < 4.78 is 5.68. The Morgan fingerprint density at radius 2 is 2.14 bits per heavy atom. The van der Waals surface area contributed by atoms with Crippen LogP contribution in [0.3, 0.4) is 0 Å². The summed E-state index contributed by atoms with van der Waals surface area (Å²) >= 11 is 0. The van der Waals surface area contributed by atoms with E-state index in [0.29, 0.717) is 11.6 Å². The minimum Gasteiger partial charge on any atom is -0.368 e. The summed E-state index contributed by atoms with van der Waals surface area (Å²) in [6.45, 7) is 2.20. The van der Waals surface area contributed by atoms with Crippen molar-refractivity contribution < 1.29 is 14.3 Å². The van der Waals surface area contributed by atoms with Crippen molar-refractivity contribution >= 4 is 17.5 Å². The third kappa shape index (κ3) is 4.53. The van der Waals surface area contributed by atoms with Gasteiger partial charge in [0.1, 0.15) is 12.3 Å². The number of carbonyl (C=O) groups excluding carboxylic acids is 2. The zero-order valence-corrected chi connectivity index (χ0v) is 12.2. The molecule has 2 rings (SSSR count). The monoisotopic (exact) mass is 291 g/mol. The number of nitrogens with zero attached hydrogens (tertiary/aromatic N) is 1. The molecule has 0 saturated heterocycles. The van der Waals surface area contributed by atoms with Gasteiger partial charge in [0.05, 0.1) is 18.0 Å². The van der Waals surface area contributed by atoms with Crippen molar-refractivity contribution in [1.29, 1.82) is 0 Å². The summed E-state index contributed by atoms with van der Waals surface area (Å²) in [5.74, 6) is -0.313. The summed E-state index contributed by atoms with van der Waals surface area (Å²) in [6.07, 6.45) is 6.15. The zero-order valence-electron chi connectivity index (χ0n) is 12.2. The van der Waals surface area contributed by atoms with E-state index in [1.165, 1.54) is 18.7 Å². The van der Waals surface area contributed by atoms with E-state index in [4.69, 9.17) is 10.5 Å². The number of amides is 2. The molecule has 6 heteroatoms. The first-order valence-corrected chi connectivity index (χ1v) is 7.23. The fourth-order valence-corrected chi connectivity index (χ4v) is 2.52. The molecule has 0 bridgehead atoms. The number of nitrogens with two attached hydrogens (primary N) is 1. The van der Waals surface area contributed by atoms with Gasteiger partial charge in [-0.3, -0.25) is 9.59 Å². The van der Waals surface area contributed by atoms with E-state index in [1.807, 2.05) is 0 Å². The Morgan fingerprint density at radius 3 is 2.76 bits per heavy atom. The third-order valence-electron chi connectivity index (χ3n) is 3.76. The Hall–Kier alpha value is -1.95. The Morgan fingerprint density at radius 1 is 1.38 bits per heavy atom. The first-order valence-electron chi connectivity index (χ1n) is 7.23. The molecule has 6 nitrogen and oxygen atoms in total. The molecule has 2 atom stereocenters. The predicted octanol–water partition coefficient (Wildman–Crippen LogP) is 1.71. The van der Waals surface area contributed by atoms with E-state index >= 15 is 0 Å². The lowest BCUT2D eigenvalue weighted by atomic mass is 9.88. The Bertz CT molecular complexity index is 501. The number of rotatable bonds is 5. The summed E-state index contributed by atoms with van der Waals surface area (Å²) in [6, 6.07) is 3.07. The van der Waals surface area contributed by atoms with Crippen LogP contribution in [0.4, 0.5) is 5.69 Å².